The first-order chi connectivity index (χ1) is 14.4. The molecule has 5 nitrogen and oxygen atoms in total. The van der Waals surface area contributed by atoms with E-state index in [4.69, 9.17) is 21.1 Å². The smallest absolute Gasteiger partial charge is 0.262 e. The quantitative estimate of drug-likeness (QED) is 0.502. The van der Waals surface area contributed by atoms with E-state index >= 15 is 0 Å². The lowest BCUT2D eigenvalue weighted by atomic mass is 10.2. The summed E-state index contributed by atoms with van der Waals surface area (Å²) in [5.74, 6) is 0.234. The Morgan fingerprint density at radius 2 is 1.67 bits per heavy atom. The second-order valence-electron chi connectivity index (χ2n) is 6.66. The van der Waals surface area contributed by atoms with Gasteiger partial charge < -0.3 is 20.1 Å². The molecule has 0 aliphatic carbocycles. The molecule has 0 fully saturated rings. The van der Waals surface area contributed by atoms with Gasteiger partial charge in [-0.05, 0) is 55.0 Å². The van der Waals surface area contributed by atoms with Gasteiger partial charge in [-0.3, -0.25) is 4.79 Å². The maximum absolute atomic E-state index is 13.0. The molecule has 0 aliphatic rings. The number of methoxy groups -OCH3 is 1. The van der Waals surface area contributed by atoms with E-state index in [0.29, 0.717) is 28.8 Å². The van der Waals surface area contributed by atoms with Gasteiger partial charge >= 0.3 is 0 Å². The number of hydrogen-bond acceptors (Lipinski definition) is 4. The zero-order valence-corrected chi connectivity index (χ0v) is 17.4. The van der Waals surface area contributed by atoms with Gasteiger partial charge in [-0.1, -0.05) is 29.3 Å². The van der Waals surface area contributed by atoms with Gasteiger partial charge in [0.05, 0.1) is 7.11 Å². The third-order valence-electron chi connectivity index (χ3n) is 4.35. The summed E-state index contributed by atoms with van der Waals surface area (Å²) in [7, 11) is 1.51. The number of aryl methyl sites for hydroxylation is 1. The maximum Gasteiger partial charge on any atom is 0.262 e. The molecule has 3 rings (SSSR count). The summed E-state index contributed by atoms with van der Waals surface area (Å²) in [6.45, 7) is 2.20. The summed E-state index contributed by atoms with van der Waals surface area (Å²) in [5.41, 5.74) is 3.34. The normalized spacial score (nSPS) is 10.4. The fourth-order valence-corrected chi connectivity index (χ4v) is 2.95. The summed E-state index contributed by atoms with van der Waals surface area (Å²) in [6.07, 6.45) is 0. The van der Waals surface area contributed by atoms with Crippen LogP contribution in [0.25, 0.3) is 0 Å². The largest absolute Gasteiger partial charge is 0.493 e. The zero-order valence-electron chi connectivity index (χ0n) is 16.7. The number of amides is 1. The predicted molar refractivity (Wildman–Crippen MR) is 117 cm³/mol. The minimum absolute atomic E-state index is 0.187. The number of hydrogen-bond donors (Lipinski definition) is 2. The number of carbonyl (C=O) groups is 1. The molecule has 7 heteroatoms. The molecule has 30 heavy (non-hydrogen) atoms. The van der Waals surface area contributed by atoms with Crippen LogP contribution in [-0.4, -0.2) is 19.6 Å². The summed E-state index contributed by atoms with van der Waals surface area (Å²) >= 11 is 6.37. The molecule has 0 saturated carbocycles. The van der Waals surface area contributed by atoms with Crippen molar-refractivity contribution in [3.05, 3.63) is 82.6 Å². The van der Waals surface area contributed by atoms with Crippen molar-refractivity contribution in [3.8, 4) is 11.5 Å². The Kier molecular flexibility index (Phi) is 7.14. The van der Waals surface area contributed by atoms with Gasteiger partial charge in [-0.2, -0.15) is 0 Å². The molecule has 0 aromatic heterocycles. The van der Waals surface area contributed by atoms with Gasteiger partial charge in [0.25, 0.3) is 5.91 Å². The summed E-state index contributed by atoms with van der Waals surface area (Å²) in [5, 5.41) is 6.40. The molecule has 0 unspecified atom stereocenters. The Bertz CT molecular complexity index is 1010. The number of halogens is 2. The number of anilines is 2. The molecule has 3 aromatic carbocycles. The first-order valence-corrected chi connectivity index (χ1v) is 9.67. The minimum Gasteiger partial charge on any atom is -0.493 e. The Hall–Kier alpha value is -3.25. The van der Waals surface area contributed by atoms with E-state index in [-0.39, 0.29) is 18.3 Å². The number of rotatable bonds is 8. The second kappa shape index (κ2) is 9.98. The van der Waals surface area contributed by atoms with Gasteiger partial charge in [0, 0.05) is 29.0 Å². The first-order valence-electron chi connectivity index (χ1n) is 9.30. The molecule has 0 heterocycles. The molecule has 156 valence electrons. The first kappa shape index (κ1) is 21.5. The van der Waals surface area contributed by atoms with Gasteiger partial charge in [0.1, 0.15) is 5.82 Å². The molecule has 3 aromatic rings. The number of benzene rings is 3. The highest BCUT2D eigenvalue weighted by Gasteiger charge is 2.13. The van der Waals surface area contributed by atoms with Crippen molar-refractivity contribution >= 4 is 28.9 Å². The highest BCUT2D eigenvalue weighted by molar-refractivity contribution is 6.31. The molecule has 1 amide bonds. The van der Waals surface area contributed by atoms with Crippen molar-refractivity contribution in [2.45, 2.75) is 13.5 Å². The number of ether oxygens (including phenoxy) is 2. The predicted octanol–water partition coefficient (Wildman–Crippen LogP) is 5.43. The molecule has 0 atom stereocenters. The van der Waals surface area contributed by atoms with Crippen LogP contribution in [0.3, 0.4) is 0 Å². The molecular weight excluding hydrogens is 407 g/mol. The molecule has 0 radical (unpaired) electrons. The monoisotopic (exact) mass is 428 g/mol. The van der Waals surface area contributed by atoms with E-state index in [1.54, 1.807) is 24.3 Å². The van der Waals surface area contributed by atoms with Crippen LogP contribution in [0.4, 0.5) is 15.8 Å². The van der Waals surface area contributed by atoms with Crippen molar-refractivity contribution in [3.63, 3.8) is 0 Å². The highest BCUT2D eigenvalue weighted by Crippen LogP contribution is 2.33. The number of nitrogens with one attached hydrogen (secondary N) is 2. The Morgan fingerprint density at radius 1 is 1.00 bits per heavy atom. The topological polar surface area (TPSA) is 59.6 Å². The van der Waals surface area contributed by atoms with Crippen LogP contribution in [0.5, 0.6) is 11.5 Å². The lowest BCUT2D eigenvalue weighted by Gasteiger charge is -2.15. The standard InChI is InChI=1S/C23H22ClFN2O3/c1-15-3-7-19(8-4-15)27-23(28)14-30-22-12-20(24)16(11-21(22)29-2)13-26-18-9-5-17(25)6-10-18/h3-12,26H,13-14H2,1-2H3,(H,27,28). The zero-order chi connectivity index (χ0) is 21.5. The van der Waals surface area contributed by atoms with Crippen molar-refractivity contribution in [1.29, 1.82) is 0 Å². The van der Waals surface area contributed by atoms with Crippen LogP contribution < -0.4 is 20.1 Å². The molecule has 0 saturated heterocycles. The minimum atomic E-state index is -0.298. The van der Waals surface area contributed by atoms with E-state index in [2.05, 4.69) is 10.6 Å². The van der Waals surface area contributed by atoms with Crippen LogP contribution >= 0.6 is 11.6 Å². The van der Waals surface area contributed by atoms with E-state index in [1.807, 2.05) is 31.2 Å². The molecule has 2 N–H and O–H groups in total. The van der Waals surface area contributed by atoms with Gasteiger partial charge in [0.2, 0.25) is 0 Å². The van der Waals surface area contributed by atoms with E-state index in [1.165, 1.54) is 19.2 Å². The van der Waals surface area contributed by atoms with Crippen LogP contribution in [0, 0.1) is 12.7 Å². The Labute approximate surface area is 179 Å². The average Bonchev–Trinajstić information content (AvgIpc) is 2.74. The van der Waals surface area contributed by atoms with Crippen LogP contribution in [-0.2, 0) is 11.3 Å². The van der Waals surface area contributed by atoms with E-state index in [9.17, 15) is 9.18 Å². The van der Waals surface area contributed by atoms with Crippen LogP contribution in [0.2, 0.25) is 5.02 Å². The SMILES string of the molecule is COc1cc(CNc2ccc(F)cc2)c(Cl)cc1OCC(=O)Nc1ccc(C)cc1. The highest BCUT2D eigenvalue weighted by atomic mass is 35.5. The van der Waals surface area contributed by atoms with Crippen LogP contribution in [0.15, 0.2) is 60.7 Å². The van der Waals surface area contributed by atoms with Crippen LogP contribution in [0.1, 0.15) is 11.1 Å². The second-order valence-corrected chi connectivity index (χ2v) is 7.07. The van der Waals surface area contributed by atoms with Crippen molar-refractivity contribution in [2.24, 2.45) is 0 Å². The maximum atomic E-state index is 13.0. The summed E-state index contributed by atoms with van der Waals surface area (Å²) in [6, 6.07) is 16.9. The fraction of sp³-hybridized carbons (Fsp3) is 0.174. The average molecular weight is 429 g/mol. The van der Waals surface area contributed by atoms with Crippen molar-refractivity contribution < 1.29 is 18.7 Å². The molecule has 0 bridgehead atoms. The molecular formula is C23H22ClFN2O3. The van der Waals surface area contributed by atoms with Gasteiger partial charge in [0.15, 0.2) is 18.1 Å². The lowest BCUT2D eigenvalue weighted by Crippen LogP contribution is -2.20. The Balaban J connectivity index is 1.62. The fourth-order valence-electron chi connectivity index (χ4n) is 2.73. The summed E-state index contributed by atoms with van der Waals surface area (Å²) < 4.78 is 24.0. The molecule has 0 aliphatic heterocycles. The molecule has 0 spiro atoms. The summed E-state index contributed by atoms with van der Waals surface area (Å²) in [4.78, 5) is 12.2. The third kappa shape index (κ3) is 5.87. The van der Waals surface area contributed by atoms with E-state index in [0.717, 1.165) is 16.8 Å². The third-order valence-corrected chi connectivity index (χ3v) is 4.71. The van der Waals surface area contributed by atoms with E-state index < -0.39 is 0 Å². The van der Waals surface area contributed by atoms with Crippen molar-refractivity contribution in [1.82, 2.24) is 0 Å². The number of carbonyl (C=O) groups excluding carboxylic acids is 1. The Morgan fingerprint density at radius 3 is 2.33 bits per heavy atom. The lowest BCUT2D eigenvalue weighted by molar-refractivity contribution is -0.118. The van der Waals surface area contributed by atoms with Gasteiger partial charge in [-0.25, -0.2) is 4.39 Å². The van der Waals surface area contributed by atoms with Gasteiger partial charge in [-0.15, -0.1) is 0 Å². The van der Waals surface area contributed by atoms with Crippen molar-refractivity contribution in [2.75, 3.05) is 24.4 Å².